The van der Waals surface area contributed by atoms with Gasteiger partial charge in [-0.25, -0.2) is 0 Å². The van der Waals surface area contributed by atoms with Gasteiger partial charge in [0.15, 0.2) is 0 Å². The van der Waals surface area contributed by atoms with Gasteiger partial charge < -0.3 is 0 Å². The normalized spacial score (nSPS) is 3.40. The van der Waals surface area contributed by atoms with E-state index in [9.17, 15) is 0 Å². The summed E-state index contributed by atoms with van der Waals surface area (Å²) >= 11 is -0.0833. The first-order valence-electron chi connectivity index (χ1n) is 0.802. The van der Waals surface area contributed by atoms with Gasteiger partial charge in [-0.1, -0.05) is 0 Å². The van der Waals surface area contributed by atoms with Crippen LogP contribution in [-0.2, 0) is 32.5 Å². The topological polar surface area (TPSA) is 0 Å². The van der Waals surface area contributed by atoms with Crippen LogP contribution in [0.25, 0.3) is 0 Å². The zero-order valence-electron chi connectivity index (χ0n) is 2.55. The predicted molar refractivity (Wildman–Crippen MR) is 17.6 cm³/mol. The molecule has 0 spiro atoms. The summed E-state index contributed by atoms with van der Waals surface area (Å²) in [5.74, 6) is 0. The molecule has 0 aliphatic rings. The molecule has 25 valence electrons. The second-order valence-electron chi connectivity index (χ2n) is 0.101. The van der Waals surface area contributed by atoms with Crippen molar-refractivity contribution in [3.05, 3.63) is 0 Å². The summed E-state index contributed by atoms with van der Waals surface area (Å²) in [6.07, 6.45) is 0. The second-order valence-corrected chi connectivity index (χ2v) is 4.72. The van der Waals surface area contributed by atoms with Gasteiger partial charge in [-0.15, -0.1) is 0 Å². The molecule has 5 heavy (non-hydrogen) atoms. The molecule has 0 heterocycles. The fourth-order valence-corrected chi connectivity index (χ4v) is 0. The Morgan fingerprint density at radius 2 is 1.20 bits per heavy atom. The molecule has 0 rings (SSSR count). The van der Waals surface area contributed by atoms with Gasteiger partial charge in [0.2, 0.25) is 0 Å². The van der Waals surface area contributed by atoms with Gasteiger partial charge in [0.25, 0.3) is 0 Å². The molecular weight excluding hydrogens is 237 g/mol. The molecule has 0 bridgehead atoms. The summed E-state index contributed by atoms with van der Waals surface area (Å²) in [5.41, 5.74) is 0. The molecule has 0 saturated heterocycles. The van der Waals surface area contributed by atoms with Crippen LogP contribution in [0.3, 0.4) is 0 Å². The zero-order valence-corrected chi connectivity index (χ0v) is 10.8. The molecule has 0 aliphatic heterocycles. The van der Waals surface area contributed by atoms with E-state index >= 15 is 0 Å². The summed E-state index contributed by atoms with van der Waals surface area (Å²) in [6.45, 7) is 0. The van der Waals surface area contributed by atoms with Crippen molar-refractivity contribution in [1.82, 2.24) is 0 Å². The molecule has 0 aromatic carbocycles. The summed E-state index contributed by atoms with van der Waals surface area (Å²) < 4.78 is 0. The SMILES string of the molecule is [Cl][Zn].[Cl][Zn][Cl]. The van der Waals surface area contributed by atoms with E-state index in [1.807, 2.05) is 0 Å². The number of halogens is 3. The molecule has 5 heteroatoms. The van der Waals surface area contributed by atoms with Gasteiger partial charge in [0.05, 0.1) is 0 Å². The average Bonchev–Trinajstić information content (AvgIpc) is 1.46. The summed E-state index contributed by atoms with van der Waals surface area (Å²) in [5, 5.41) is 0. The monoisotopic (exact) mass is 233 g/mol. The van der Waals surface area contributed by atoms with Crippen LogP contribution in [0.15, 0.2) is 0 Å². The average molecular weight is 237 g/mol. The number of rotatable bonds is 0. The van der Waals surface area contributed by atoms with Crippen LogP contribution in [0.5, 0.6) is 0 Å². The molecular formula is Cl3Zn2. The van der Waals surface area contributed by atoms with Crippen LogP contribution in [0.1, 0.15) is 0 Å². The molecule has 0 fully saturated rings. The Hall–Kier alpha value is 2.12. The molecule has 0 aromatic heterocycles. The molecule has 0 amide bonds. The maximum atomic E-state index is 4.95. The van der Waals surface area contributed by atoms with E-state index in [1.165, 1.54) is 0 Å². The van der Waals surface area contributed by atoms with E-state index in [1.54, 1.807) is 0 Å². The molecule has 0 radical (unpaired) electrons. The van der Waals surface area contributed by atoms with Crippen LogP contribution >= 0.6 is 29.1 Å². The molecule has 0 aromatic rings. The van der Waals surface area contributed by atoms with E-state index in [0.717, 1.165) is 17.3 Å². The zero-order chi connectivity index (χ0) is 4.71. The Kier molecular flexibility index (Phi) is 33.5. The molecule has 0 unspecified atom stereocenters. The Morgan fingerprint density at radius 1 is 1.20 bits per heavy atom. The van der Waals surface area contributed by atoms with Gasteiger partial charge in [-0.2, -0.15) is 0 Å². The Bertz CT molecular complexity index is 4.85. The molecule has 0 saturated carbocycles. The van der Waals surface area contributed by atoms with Crippen molar-refractivity contribution in [1.29, 1.82) is 0 Å². The van der Waals surface area contributed by atoms with E-state index in [0.29, 0.717) is 0 Å². The first-order valence-corrected chi connectivity index (χ1v) is 12.5. The fraction of sp³-hybridized carbons (Fsp3) is 0. The fourth-order valence-electron chi connectivity index (χ4n) is 0. The quantitative estimate of drug-likeness (QED) is 0.566. The van der Waals surface area contributed by atoms with Crippen molar-refractivity contribution in [3.63, 3.8) is 0 Å². The van der Waals surface area contributed by atoms with E-state index in [2.05, 4.69) is 0 Å². The first kappa shape index (κ1) is 10.2. The van der Waals surface area contributed by atoms with Crippen molar-refractivity contribution >= 4 is 29.1 Å². The number of hydrogen-bond acceptors (Lipinski definition) is 0. The van der Waals surface area contributed by atoms with Gasteiger partial charge in [-0.3, -0.25) is 0 Å². The third-order valence-electron chi connectivity index (χ3n) is 0. The number of hydrogen-bond donors (Lipinski definition) is 0. The standard InChI is InChI=1S/3ClH.2Zn/h3*1H;;/q;;;+1;+2/p-3. The van der Waals surface area contributed by atoms with Crippen molar-refractivity contribution in [2.45, 2.75) is 0 Å². The van der Waals surface area contributed by atoms with Crippen molar-refractivity contribution < 1.29 is 32.5 Å². The minimum atomic E-state index is -0.931. The maximum absolute atomic E-state index is 4.95. The summed E-state index contributed by atoms with van der Waals surface area (Å²) in [7, 11) is 14.7. The second kappa shape index (κ2) is 16.5. The van der Waals surface area contributed by atoms with E-state index in [4.69, 9.17) is 29.1 Å². The van der Waals surface area contributed by atoms with E-state index < -0.39 is 15.1 Å². The Labute approximate surface area is 60.9 Å². The van der Waals surface area contributed by atoms with Gasteiger partial charge >= 0.3 is 61.5 Å². The third kappa shape index (κ3) is 23.1. The van der Waals surface area contributed by atoms with Crippen molar-refractivity contribution in [3.8, 4) is 0 Å². The minimum absolute atomic E-state index is 0.847. The van der Waals surface area contributed by atoms with E-state index in [-0.39, 0.29) is 0 Å². The third-order valence-corrected chi connectivity index (χ3v) is 0. The van der Waals surface area contributed by atoms with Crippen LogP contribution in [0.4, 0.5) is 0 Å². The van der Waals surface area contributed by atoms with Crippen LogP contribution in [0, 0.1) is 0 Å². The predicted octanol–water partition coefficient (Wildman–Crippen LogP) is 2.06. The molecule has 0 N–H and O–H groups in total. The van der Waals surface area contributed by atoms with Crippen LogP contribution < -0.4 is 0 Å². The van der Waals surface area contributed by atoms with Crippen LogP contribution in [-0.4, -0.2) is 0 Å². The summed E-state index contributed by atoms with van der Waals surface area (Å²) in [4.78, 5) is 0. The van der Waals surface area contributed by atoms with Crippen molar-refractivity contribution in [2.24, 2.45) is 0 Å². The summed E-state index contributed by atoms with van der Waals surface area (Å²) in [6, 6.07) is 0. The Balaban J connectivity index is 0. The van der Waals surface area contributed by atoms with Crippen molar-refractivity contribution in [2.75, 3.05) is 0 Å². The molecule has 0 atom stereocenters. The Morgan fingerprint density at radius 3 is 1.20 bits per heavy atom. The van der Waals surface area contributed by atoms with Gasteiger partial charge in [0, 0.05) is 0 Å². The van der Waals surface area contributed by atoms with Crippen LogP contribution in [0.2, 0.25) is 0 Å². The first-order chi connectivity index (χ1) is 2.41. The van der Waals surface area contributed by atoms with Gasteiger partial charge in [0.1, 0.15) is 0 Å². The molecule has 0 aliphatic carbocycles. The molecule has 0 nitrogen and oxygen atoms in total. The van der Waals surface area contributed by atoms with Gasteiger partial charge in [-0.05, 0) is 0 Å².